The zero-order valence-corrected chi connectivity index (χ0v) is 18.4. The number of benzene rings is 3. The number of carbonyl (C=O) groups is 2. The lowest BCUT2D eigenvalue weighted by molar-refractivity contribution is -0.116. The smallest absolute Gasteiger partial charge is 0.234 e. The van der Waals surface area contributed by atoms with Gasteiger partial charge in [0.15, 0.2) is 5.16 Å². The molecule has 0 spiro atoms. The Labute approximate surface area is 190 Å². The molecule has 7 nitrogen and oxygen atoms in total. The predicted octanol–water partition coefficient (Wildman–Crippen LogP) is 4.27. The molecule has 162 valence electrons. The maximum absolute atomic E-state index is 12.5. The number of hydrogen-bond acceptors (Lipinski definition) is 5. The van der Waals surface area contributed by atoms with Gasteiger partial charge in [0.2, 0.25) is 11.8 Å². The summed E-state index contributed by atoms with van der Waals surface area (Å²) in [6.07, 6.45) is 0.762. The second-order valence-corrected chi connectivity index (χ2v) is 8.18. The average Bonchev–Trinajstić information content (AvgIpc) is 3.16. The van der Waals surface area contributed by atoms with Gasteiger partial charge in [0.25, 0.3) is 0 Å². The number of hydrogen-bond donors (Lipinski definition) is 2. The fourth-order valence-corrected chi connectivity index (χ4v) is 4.04. The van der Waals surface area contributed by atoms with Crippen molar-refractivity contribution in [2.45, 2.75) is 18.0 Å². The summed E-state index contributed by atoms with van der Waals surface area (Å²) in [5.41, 5.74) is 1.56. The normalized spacial score (nSPS) is 10.8. The molecule has 8 heteroatoms. The van der Waals surface area contributed by atoms with E-state index in [0.29, 0.717) is 23.8 Å². The van der Waals surface area contributed by atoms with Crippen molar-refractivity contribution in [1.29, 1.82) is 0 Å². The van der Waals surface area contributed by atoms with Crippen molar-refractivity contribution in [2.75, 3.05) is 16.4 Å². The fourth-order valence-electron chi connectivity index (χ4n) is 3.31. The van der Waals surface area contributed by atoms with Crippen LogP contribution in [0.1, 0.15) is 12.2 Å². The van der Waals surface area contributed by atoms with E-state index in [9.17, 15) is 9.59 Å². The lowest BCUT2D eigenvalue weighted by atomic mass is 10.1. The zero-order chi connectivity index (χ0) is 22.3. The van der Waals surface area contributed by atoms with Gasteiger partial charge in [-0.05, 0) is 23.6 Å². The van der Waals surface area contributed by atoms with Crippen LogP contribution in [0.15, 0.2) is 78.0 Å². The van der Waals surface area contributed by atoms with Crippen LogP contribution in [0.3, 0.4) is 0 Å². The largest absolute Gasteiger partial charge is 0.326 e. The number of nitrogens with zero attached hydrogens (tertiary/aromatic N) is 3. The Hall–Kier alpha value is -3.65. The molecule has 4 aromatic rings. The Morgan fingerprint density at radius 1 is 0.875 bits per heavy atom. The van der Waals surface area contributed by atoms with Crippen molar-refractivity contribution in [3.8, 4) is 0 Å². The molecule has 0 aliphatic carbocycles. The van der Waals surface area contributed by atoms with Gasteiger partial charge in [-0.3, -0.25) is 9.59 Å². The number of aromatic nitrogens is 3. The summed E-state index contributed by atoms with van der Waals surface area (Å²) < 4.78 is 1.83. The molecule has 2 N–H and O–H groups in total. The van der Waals surface area contributed by atoms with E-state index in [0.717, 1.165) is 22.1 Å². The summed E-state index contributed by atoms with van der Waals surface area (Å²) in [6, 6.07) is 23.1. The highest BCUT2D eigenvalue weighted by molar-refractivity contribution is 7.99. The van der Waals surface area contributed by atoms with Crippen LogP contribution in [0.5, 0.6) is 0 Å². The molecular weight excluding hydrogens is 422 g/mol. The van der Waals surface area contributed by atoms with Crippen LogP contribution in [0.2, 0.25) is 0 Å². The lowest BCUT2D eigenvalue weighted by Gasteiger charge is -2.08. The molecule has 0 atom stereocenters. The Morgan fingerprint density at radius 3 is 2.47 bits per heavy atom. The highest BCUT2D eigenvalue weighted by Gasteiger charge is 2.13. The minimum absolute atomic E-state index is 0.0807. The number of rotatable bonds is 8. The molecule has 0 aliphatic rings. The quantitative estimate of drug-likeness (QED) is 0.396. The van der Waals surface area contributed by atoms with Crippen LogP contribution in [0.4, 0.5) is 11.4 Å². The minimum Gasteiger partial charge on any atom is -0.326 e. The van der Waals surface area contributed by atoms with Gasteiger partial charge >= 0.3 is 0 Å². The lowest BCUT2D eigenvalue weighted by Crippen LogP contribution is -2.15. The van der Waals surface area contributed by atoms with E-state index in [1.807, 2.05) is 84.4 Å². The average molecular weight is 446 g/mol. The Bertz CT molecular complexity index is 1230. The van der Waals surface area contributed by atoms with Crippen LogP contribution in [0, 0.1) is 0 Å². The number of nitrogens with one attached hydrogen (secondary N) is 2. The van der Waals surface area contributed by atoms with Crippen LogP contribution in [0.25, 0.3) is 10.8 Å². The first-order valence-electron chi connectivity index (χ1n) is 10.2. The molecule has 0 saturated heterocycles. The van der Waals surface area contributed by atoms with Crippen LogP contribution in [-0.4, -0.2) is 32.3 Å². The third-order valence-corrected chi connectivity index (χ3v) is 5.97. The molecule has 4 rings (SSSR count). The third-order valence-electron chi connectivity index (χ3n) is 4.95. The highest BCUT2D eigenvalue weighted by Crippen LogP contribution is 2.24. The van der Waals surface area contributed by atoms with Gasteiger partial charge in [-0.1, -0.05) is 66.4 Å². The summed E-state index contributed by atoms with van der Waals surface area (Å²) >= 11 is 1.31. The Balaban J connectivity index is 1.29. The Kier molecular flexibility index (Phi) is 6.81. The van der Waals surface area contributed by atoms with Crippen LogP contribution >= 0.6 is 11.8 Å². The molecular formula is C24H23N5O2S. The third kappa shape index (κ3) is 5.33. The molecule has 1 aromatic heterocycles. The van der Waals surface area contributed by atoms with E-state index < -0.39 is 0 Å². The minimum atomic E-state index is -0.113. The summed E-state index contributed by atoms with van der Waals surface area (Å²) in [7, 11) is 1.84. The number of fused-ring (bicyclic) bond motifs is 1. The molecule has 0 fully saturated rings. The van der Waals surface area contributed by atoms with E-state index in [-0.39, 0.29) is 17.6 Å². The van der Waals surface area contributed by atoms with Gasteiger partial charge in [-0.2, -0.15) is 0 Å². The van der Waals surface area contributed by atoms with Gasteiger partial charge in [-0.25, -0.2) is 0 Å². The van der Waals surface area contributed by atoms with Crippen molar-refractivity contribution in [2.24, 2.45) is 7.05 Å². The van der Waals surface area contributed by atoms with Gasteiger partial charge in [-0.15, -0.1) is 10.2 Å². The van der Waals surface area contributed by atoms with Crippen molar-refractivity contribution < 1.29 is 9.59 Å². The molecule has 0 radical (unpaired) electrons. The summed E-state index contributed by atoms with van der Waals surface area (Å²) in [5, 5.41) is 16.9. The van der Waals surface area contributed by atoms with Crippen molar-refractivity contribution >= 4 is 45.7 Å². The maximum atomic E-state index is 12.5. The Morgan fingerprint density at radius 2 is 1.62 bits per heavy atom. The molecule has 0 aliphatic heterocycles. The summed E-state index contributed by atoms with van der Waals surface area (Å²) in [5.74, 6) is 0.718. The molecule has 0 bridgehead atoms. The van der Waals surface area contributed by atoms with Crippen LogP contribution in [-0.2, 0) is 23.1 Å². The van der Waals surface area contributed by atoms with Gasteiger partial charge in [0.05, 0.1) is 5.75 Å². The van der Waals surface area contributed by atoms with Gasteiger partial charge < -0.3 is 15.2 Å². The standard InChI is InChI=1S/C24H23N5O2S/c1-29-21(14-15-22(30)25-18-10-3-2-4-11-18)27-28-24(29)32-16-23(31)26-20-13-7-9-17-8-5-6-12-19(17)20/h2-13H,14-16H2,1H3,(H,25,30)(H,26,31). The van der Waals surface area contributed by atoms with Crippen molar-refractivity contribution in [3.05, 3.63) is 78.6 Å². The van der Waals surface area contributed by atoms with Gasteiger partial charge in [0, 0.05) is 36.7 Å². The van der Waals surface area contributed by atoms with Gasteiger partial charge in [0.1, 0.15) is 5.82 Å². The first kappa shape index (κ1) is 21.6. The predicted molar refractivity (Wildman–Crippen MR) is 128 cm³/mol. The van der Waals surface area contributed by atoms with E-state index in [1.165, 1.54) is 11.8 Å². The molecule has 0 unspecified atom stereocenters. The fraction of sp³-hybridized carbons (Fsp3) is 0.167. The maximum Gasteiger partial charge on any atom is 0.234 e. The number of thioether (sulfide) groups is 1. The molecule has 2 amide bonds. The number of aryl methyl sites for hydroxylation is 1. The first-order valence-corrected chi connectivity index (χ1v) is 11.2. The number of amides is 2. The first-order chi connectivity index (χ1) is 15.6. The van der Waals surface area contributed by atoms with Crippen molar-refractivity contribution in [3.63, 3.8) is 0 Å². The number of anilines is 2. The molecule has 0 saturated carbocycles. The number of para-hydroxylation sites is 1. The van der Waals surface area contributed by atoms with Crippen LogP contribution < -0.4 is 10.6 Å². The number of carbonyl (C=O) groups excluding carboxylic acids is 2. The van der Waals surface area contributed by atoms with E-state index >= 15 is 0 Å². The van der Waals surface area contributed by atoms with E-state index in [1.54, 1.807) is 0 Å². The molecule has 3 aromatic carbocycles. The molecule has 1 heterocycles. The SMILES string of the molecule is Cn1c(CCC(=O)Nc2ccccc2)nnc1SCC(=O)Nc1cccc2ccccc12. The second-order valence-electron chi connectivity index (χ2n) is 7.24. The summed E-state index contributed by atoms with van der Waals surface area (Å²) in [6.45, 7) is 0. The monoisotopic (exact) mass is 445 g/mol. The molecule has 32 heavy (non-hydrogen) atoms. The van der Waals surface area contributed by atoms with Crippen molar-refractivity contribution in [1.82, 2.24) is 14.8 Å². The summed E-state index contributed by atoms with van der Waals surface area (Å²) in [4.78, 5) is 24.7. The highest BCUT2D eigenvalue weighted by atomic mass is 32.2. The van der Waals surface area contributed by atoms with E-state index in [4.69, 9.17) is 0 Å². The second kappa shape index (κ2) is 10.1. The van der Waals surface area contributed by atoms with E-state index in [2.05, 4.69) is 20.8 Å². The zero-order valence-electron chi connectivity index (χ0n) is 17.6. The topological polar surface area (TPSA) is 88.9 Å².